The molecule has 20 heavy (non-hydrogen) atoms. The van der Waals surface area contributed by atoms with Gasteiger partial charge in [-0.1, -0.05) is 0 Å². The number of carbonyl (C=O) groups excluding carboxylic acids is 1. The van der Waals surface area contributed by atoms with Crippen LogP contribution in [-0.4, -0.2) is 24.1 Å². The molecule has 0 aliphatic heterocycles. The van der Waals surface area contributed by atoms with Crippen LogP contribution < -0.4 is 5.32 Å². The minimum Gasteiger partial charge on any atom is -0.460 e. The van der Waals surface area contributed by atoms with Gasteiger partial charge in [0.25, 0.3) is 0 Å². The highest BCUT2D eigenvalue weighted by Gasteiger charge is 2.11. The Labute approximate surface area is 120 Å². The molecule has 0 unspecified atom stereocenters. The lowest BCUT2D eigenvalue weighted by Crippen LogP contribution is -2.14. The summed E-state index contributed by atoms with van der Waals surface area (Å²) < 4.78 is 5.16. The molecule has 6 heteroatoms. The highest BCUT2D eigenvalue weighted by atomic mass is 32.1. The highest BCUT2D eigenvalue weighted by molar-refractivity contribution is 7.12. The van der Waals surface area contributed by atoms with Crippen LogP contribution in [0.25, 0.3) is 0 Å². The molecule has 2 aromatic rings. The van der Waals surface area contributed by atoms with Gasteiger partial charge in [0.1, 0.15) is 23.4 Å². The molecule has 0 aromatic carbocycles. The molecule has 0 amide bonds. The molecule has 0 aliphatic carbocycles. The van der Waals surface area contributed by atoms with Gasteiger partial charge >= 0.3 is 5.97 Å². The van der Waals surface area contributed by atoms with Gasteiger partial charge in [-0.2, -0.15) is 5.26 Å². The van der Waals surface area contributed by atoms with Gasteiger partial charge in [0.05, 0.1) is 12.1 Å². The zero-order valence-electron chi connectivity index (χ0n) is 10.9. The maximum Gasteiger partial charge on any atom is 0.348 e. The first-order valence-electron chi connectivity index (χ1n) is 6.02. The first kappa shape index (κ1) is 14.0. The van der Waals surface area contributed by atoms with Crippen molar-refractivity contribution in [2.45, 2.75) is 6.92 Å². The predicted molar refractivity (Wildman–Crippen MR) is 76.8 cm³/mol. The third kappa shape index (κ3) is 3.33. The molecule has 0 spiro atoms. The van der Waals surface area contributed by atoms with E-state index in [4.69, 9.17) is 10.00 Å². The van der Waals surface area contributed by atoms with Crippen LogP contribution in [0.15, 0.2) is 29.8 Å². The summed E-state index contributed by atoms with van der Waals surface area (Å²) in [6.07, 6.45) is 1.60. The van der Waals surface area contributed by atoms with Crippen LogP contribution in [0, 0.1) is 18.3 Å². The first-order chi connectivity index (χ1) is 9.72. The van der Waals surface area contributed by atoms with E-state index in [2.05, 4.69) is 10.3 Å². The van der Waals surface area contributed by atoms with E-state index in [1.54, 1.807) is 18.3 Å². The number of nitrogens with zero attached hydrogens (tertiary/aromatic N) is 2. The quantitative estimate of drug-likeness (QED) is 0.675. The Morgan fingerprint density at radius 2 is 2.40 bits per heavy atom. The number of hydrogen-bond acceptors (Lipinski definition) is 6. The molecule has 2 rings (SSSR count). The second-order valence-electron chi connectivity index (χ2n) is 4.01. The zero-order valence-corrected chi connectivity index (χ0v) is 11.7. The van der Waals surface area contributed by atoms with Gasteiger partial charge in [0.2, 0.25) is 0 Å². The van der Waals surface area contributed by atoms with E-state index in [0.717, 1.165) is 5.56 Å². The van der Waals surface area contributed by atoms with Crippen LogP contribution in [0.4, 0.5) is 5.82 Å². The summed E-state index contributed by atoms with van der Waals surface area (Å²) in [5.41, 5.74) is 1.39. The standard InChI is InChI=1S/C14H13N3O2S/c1-10-4-8-20-12(10)14(18)19-7-6-17-13-11(9-15)3-2-5-16-13/h2-5,8H,6-7H2,1H3,(H,16,17). The molecule has 0 saturated heterocycles. The molecule has 0 saturated carbocycles. The molecule has 0 bridgehead atoms. The molecule has 5 nitrogen and oxygen atoms in total. The number of ether oxygens (including phenoxy) is 1. The SMILES string of the molecule is Cc1ccsc1C(=O)OCCNc1ncccc1C#N. The van der Waals surface area contributed by atoms with Gasteiger partial charge in [-0.3, -0.25) is 0 Å². The lowest BCUT2D eigenvalue weighted by molar-refractivity contribution is 0.0525. The Morgan fingerprint density at radius 3 is 3.10 bits per heavy atom. The van der Waals surface area contributed by atoms with Gasteiger partial charge < -0.3 is 10.1 Å². The fraction of sp³-hybridized carbons (Fsp3) is 0.214. The number of aromatic nitrogens is 1. The van der Waals surface area contributed by atoms with Crippen LogP contribution >= 0.6 is 11.3 Å². The minimum absolute atomic E-state index is 0.220. The summed E-state index contributed by atoms with van der Waals surface area (Å²) in [6.45, 7) is 2.50. The molecule has 0 radical (unpaired) electrons. The topological polar surface area (TPSA) is 75.0 Å². The average Bonchev–Trinajstić information content (AvgIpc) is 2.90. The van der Waals surface area contributed by atoms with Gasteiger partial charge in [-0.25, -0.2) is 9.78 Å². The second kappa shape index (κ2) is 6.68. The molecular weight excluding hydrogens is 274 g/mol. The lowest BCUT2D eigenvalue weighted by atomic mass is 10.3. The average molecular weight is 287 g/mol. The Bertz CT molecular complexity index is 646. The van der Waals surface area contributed by atoms with Crippen molar-refractivity contribution in [3.8, 4) is 6.07 Å². The predicted octanol–water partition coefficient (Wildman–Crippen LogP) is 2.59. The third-order valence-electron chi connectivity index (χ3n) is 2.60. The van der Waals surface area contributed by atoms with Gasteiger partial charge in [-0.05, 0) is 36.1 Å². The number of hydrogen-bond donors (Lipinski definition) is 1. The first-order valence-corrected chi connectivity index (χ1v) is 6.90. The molecule has 2 heterocycles. The molecule has 102 valence electrons. The summed E-state index contributed by atoms with van der Waals surface area (Å²) >= 11 is 1.37. The third-order valence-corrected chi connectivity index (χ3v) is 3.60. The van der Waals surface area contributed by atoms with E-state index >= 15 is 0 Å². The van der Waals surface area contributed by atoms with Crippen LogP contribution in [0.2, 0.25) is 0 Å². The van der Waals surface area contributed by atoms with E-state index in [1.165, 1.54) is 11.3 Å². The van der Waals surface area contributed by atoms with E-state index in [1.807, 2.05) is 24.4 Å². The summed E-state index contributed by atoms with van der Waals surface area (Å²) in [5.74, 6) is 0.180. The monoisotopic (exact) mass is 287 g/mol. The van der Waals surface area contributed by atoms with Crippen molar-refractivity contribution < 1.29 is 9.53 Å². The van der Waals surface area contributed by atoms with Crippen molar-refractivity contribution in [2.75, 3.05) is 18.5 Å². The smallest absolute Gasteiger partial charge is 0.348 e. The van der Waals surface area contributed by atoms with Crippen molar-refractivity contribution >= 4 is 23.1 Å². The summed E-state index contributed by atoms with van der Waals surface area (Å²) in [5, 5.41) is 13.7. The molecule has 2 aromatic heterocycles. The molecule has 0 atom stereocenters. The molecule has 0 aliphatic rings. The summed E-state index contributed by atoms with van der Waals surface area (Å²) in [4.78, 5) is 16.4. The Balaban J connectivity index is 1.81. The number of nitriles is 1. The largest absolute Gasteiger partial charge is 0.460 e. The van der Waals surface area contributed by atoms with Gasteiger partial charge in [-0.15, -0.1) is 11.3 Å². The molecule has 1 N–H and O–H groups in total. The lowest BCUT2D eigenvalue weighted by Gasteiger charge is -2.07. The van der Waals surface area contributed by atoms with Gasteiger partial charge in [0, 0.05) is 6.20 Å². The Kier molecular flexibility index (Phi) is 4.69. The summed E-state index contributed by atoms with van der Waals surface area (Å²) in [6, 6.07) is 7.30. The van der Waals surface area contributed by atoms with Crippen LogP contribution in [-0.2, 0) is 4.74 Å². The van der Waals surface area contributed by atoms with Crippen molar-refractivity contribution in [2.24, 2.45) is 0 Å². The highest BCUT2D eigenvalue weighted by Crippen LogP contribution is 2.16. The maximum atomic E-state index is 11.8. The number of anilines is 1. The Morgan fingerprint density at radius 1 is 1.55 bits per heavy atom. The number of pyridine rings is 1. The van der Waals surface area contributed by atoms with E-state index < -0.39 is 0 Å². The van der Waals surface area contributed by atoms with Crippen molar-refractivity contribution in [3.63, 3.8) is 0 Å². The van der Waals surface area contributed by atoms with Crippen LogP contribution in [0.5, 0.6) is 0 Å². The fourth-order valence-electron chi connectivity index (χ4n) is 1.60. The number of thiophene rings is 1. The normalized spacial score (nSPS) is 9.80. The number of rotatable bonds is 5. The number of carbonyl (C=O) groups is 1. The van der Waals surface area contributed by atoms with Gasteiger partial charge in [0.15, 0.2) is 0 Å². The number of esters is 1. The number of nitrogens with one attached hydrogen (secondary N) is 1. The van der Waals surface area contributed by atoms with Crippen LogP contribution in [0.1, 0.15) is 20.8 Å². The van der Waals surface area contributed by atoms with E-state index in [9.17, 15) is 4.79 Å². The fourth-order valence-corrected chi connectivity index (χ4v) is 2.41. The summed E-state index contributed by atoms with van der Waals surface area (Å²) in [7, 11) is 0. The van der Waals surface area contributed by atoms with Crippen molar-refractivity contribution in [1.29, 1.82) is 5.26 Å². The van der Waals surface area contributed by atoms with Crippen molar-refractivity contribution in [3.05, 3.63) is 45.8 Å². The molecular formula is C14H13N3O2S. The number of aryl methyl sites for hydroxylation is 1. The van der Waals surface area contributed by atoms with Crippen molar-refractivity contribution in [1.82, 2.24) is 4.98 Å². The second-order valence-corrected chi connectivity index (χ2v) is 4.92. The zero-order chi connectivity index (χ0) is 14.4. The minimum atomic E-state index is -0.319. The van der Waals surface area contributed by atoms with E-state index in [-0.39, 0.29) is 12.6 Å². The molecule has 0 fully saturated rings. The maximum absolute atomic E-state index is 11.8. The Hall–Kier alpha value is -2.39. The van der Waals surface area contributed by atoms with E-state index in [0.29, 0.717) is 22.8 Å². The van der Waals surface area contributed by atoms with Crippen LogP contribution in [0.3, 0.4) is 0 Å².